The van der Waals surface area contributed by atoms with Crippen LogP contribution in [0.15, 0.2) is 24.3 Å². The van der Waals surface area contributed by atoms with Crippen molar-refractivity contribution in [2.24, 2.45) is 0 Å². The van der Waals surface area contributed by atoms with Crippen molar-refractivity contribution in [3.05, 3.63) is 29.8 Å². The van der Waals surface area contributed by atoms with Gasteiger partial charge in [-0.2, -0.15) is 5.26 Å². The Kier molecular flexibility index (Phi) is 6.58. The Balaban J connectivity index is 2.33. The van der Waals surface area contributed by atoms with Gasteiger partial charge >= 0.3 is 0 Å². The largest absolute Gasteiger partial charge is 0.395 e. The van der Waals surface area contributed by atoms with Gasteiger partial charge in [0.2, 0.25) is 5.91 Å². The van der Waals surface area contributed by atoms with Crippen LogP contribution in [0.4, 0.5) is 5.69 Å². The van der Waals surface area contributed by atoms with Crippen LogP contribution in [0.2, 0.25) is 0 Å². The fourth-order valence-electron chi connectivity index (χ4n) is 1.68. The van der Waals surface area contributed by atoms with E-state index in [2.05, 4.69) is 5.32 Å². The highest BCUT2D eigenvalue weighted by Crippen LogP contribution is 2.10. The smallest absolute Gasteiger partial charge is 0.224 e. The van der Waals surface area contributed by atoms with Crippen LogP contribution in [0, 0.1) is 11.3 Å². The minimum atomic E-state index is -0.0625. The van der Waals surface area contributed by atoms with Crippen molar-refractivity contribution in [3.63, 3.8) is 0 Å². The van der Waals surface area contributed by atoms with Crippen LogP contribution in [-0.4, -0.2) is 42.7 Å². The summed E-state index contributed by atoms with van der Waals surface area (Å²) in [5, 5.41) is 20.3. The van der Waals surface area contributed by atoms with Crippen LogP contribution < -0.4 is 5.32 Å². The molecule has 0 aliphatic heterocycles. The quantitative estimate of drug-likeness (QED) is 0.773. The molecule has 0 saturated heterocycles. The summed E-state index contributed by atoms with van der Waals surface area (Å²) in [5.74, 6) is -0.0625. The van der Waals surface area contributed by atoms with Crippen molar-refractivity contribution in [2.75, 3.05) is 32.1 Å². The maximum Gasteiger partial charge on any atom is 0.224 e. The maximum absolute atomic E-state index is 11.7. The first-order valence-corrected chi connectivity index (χ1v) is 6.25. The molecular formula is C14H19N3O2. The van der Waals surface area contributed by atoms with Crippen LogP contribution in [0.25, 0.3) is 0 Å². The van der Waals surface area contributed by atoms with Crippen LogP contribution in [0.5, 0.6) is 0 Å². The lowest BCUT2D eigenvalue weighted by Crippen LogP contribution is -2.24. The number of carbonyl (C=O) groups is 1. The third-order valence-electron chi connectivity index (χ3n) is 2.70. The monoisotopic (exact) mass is 261 g/mol. The summed E-state index contributed by atoms with van der Waals surface area (Å²) in [6.07, 6.45) is 1.16. The molecule has 0 spiro atoms. The molecule has 102 valence electrons. The summed E-state index contributed by atoms with van der Waals surface area (Å²) >= 11 is 0. The van der Waals surface area contributed by atoms with Crippen molar-refractivity contribution >= 4 is 11.6 Å². The predicted molar refractivity (Wildman–Crippen MR) is 73.6 cm³/mol. The van der Waals surface area contributed by atoms with E-state index in [-0.39, 0.29) is 12.5 Å². The number of rotatable bonds is 7. The number of hydrogen-bond acceptors (Lipinski definition) is 4. The molecule has 0 saturated carbocycles. The van der Waals surface area contributed by atoms with Gasteiger partial charge in [0.1, 0.15) is 0 Å². The third kappa shape index (κ3) is 6.00. The van der Waals surface area contributed by atoms with Crippen molar-refractivity contribution < 1.29 is 9.90 Å². The average Bonchev–Trinajstić information content (AvgIpc) is 2.39. The number of aliphatic hydroxyl groups is 1. The SMILES string of the molecule is CN(CCO)CCCC(=O)Nc1cccc(C#N)c1. The van der Waals surface area contributed by atoms with Gasteiger partial charge in [-0.3, -0.25) is 4.79 Å². The van der Waals surface area contributed by atoms with E-state index in [1.165, 1.54) is 0 Å². The molecule has 0 bridgehead atoms. The van der Waals surface area contributed by atoms with E-state index in [1.807, 2.05) is 18.0 Å². The summed E-state index contributed by atoms with van der Waals surface area (Å²) in [6.45, 7) is 1.52. The molecule has 1 amide bonds. The van der Waals surface area contributed by atoms with E-state index in [4.69, 9.17) is 10.4 Å². The standard InChI is InChI=1S/C14H19N3O2/c1-17(8-9-18)7-3-6-14(19)16-13-5-2-4-12(10-13)11-15/h2,4-5,10,18H,3,6-9H2,1H3,(H,16,19). The van der Waals surface area contributed by atoms with Crippen molar-refractivity contribution in [1.82, 2.24) is 4.90 Å². The van der Waals surface area contributed by atoms with E-state index < -0.39 is 0 Å². The molecule has 1 aromatic carbocycles. The maximum atomic E-state index is 11.7. The molecule has 1 rings (SSSR count). The molecule has 0 atom stereocenters. The van der Waals surface area contributed by atoms with Crippen molar-refractivity contribution in [1.29, 1.82) is 5.26 Å². The Bertz CT molecular complexity index is 454. The Hall–Kier alpha value is -1.90. The number of nitrogens with one attached hydrogen (secondary N) is 1. The van der Waals surface area contributed by atoms with Crippen molar-refractivity contribution in [2.45, 2.75) is 12.8 Å². The first kappa shape index (κ1) is 15.2. The topological polar surface area (TPSA) is 76.4 Å². The van der Waals surface area contributed by atoms with E-state index in [0.29, 0.717) is 24.2 Å². The van der Waals surface area contributed by atoms with Crippen LogP contribution >= 0.6 is 0 Å². The molecule has 0 unspecified atom stereocenters. The molecule has 5 heteroatoms. The molecule has 1 aromatic rings. The van der Waals surface area contributed by atoms with Gasteiger partial charge in [0, 0.05) is 18.7 Å². The van der Waals surface area contributed by atoms with E-state index in [1.54, 1.807) is 24.3 Å². The predicted octanol–water partition coefficient (Wildman–Crippen LogP) is 1.20. The lowest BCUT2D eigenvalue weighted by molar-refractivity contribution is -0.116. The summed E-state index contributed by atoms with van der Waals surface area (Å²) in [4.78, 5) is 13.7. The Morgan fingerprint density at radius 3 is 2.95 bits per heavy atom. The van der Waals surface area contributed by atoms with Gasteiger partial charge in [-0.05, 0) is 38.2 Å². The molecule has 19 heavy (non-hydrogen) atoms. The fraction of sp³-hybridized carbons (Fsp3) is 0.429. The molecule has 2 N–H and O–H groups in total. The number of aliphatic hydroxyl groups excluding tert-OH is 1. The lowest BCUT2D eigenvalue weighted by atomic mass is 10.2. The van der Waals surface area contributed by atoms with Gasteiger partial charge in [-0.25, -0.2) is 0 Å². The zero-order valence-corrected chi connectivity index (χ0v) is 11.1. The van der Waals surface area contributed by atoms with Crippen LogP contribution in [-0.2, 0) is 4.79 Å². The number of carbonyl (C=O) groups excluding carboxylic acids is 1. The number of amides is 1. The molecule has 0 radical (unpaired) electrons. The number of nitrogens with zero attached hydrogens (tertiary/aromatic N) is 2. The van der Waals surface area contributed by atoms with Gasteiger partial charge in [-0.1, -0.05) is 6.07 Å². The average molecular weight is 261 g/mol. The van der Waals surface area contributed by atoms with Gasteiger partial charge in [0.15, 0.2) is 0 Å². The van der Waals surface area contributed by atoms with Gasteiger partial charge < -0.3 is 15.3 Å². The number of benzene rings is 1. The minimum absolute atomic E-state index is 0.0625. The molecule has 0 aliphatic carbocycles. The number of anilines is 1. The van der Waals surface area contributed by atoms with E-state index >= 15 is 0 Å². The summed E-state index contributed by atoms with van der Waals surface area (Å²) < 4.78 is 0. The van der Waals surface area contributed by atoms with E-state index in [9.17, 15) is 4.79 Å². The Morgan fingerprint density at radius 2 is 2.26 bits per heavy atom. The number of nitriles is 1. The fourth-order valence-corrected chi connectivity index (χ4v) is 1.68. The van der Waals surface area contributed by atoms with Crippen LogP contribution in [0.3, 0.4) is 0 Å². The normalized spacial score (nSPS) is 10.2. The second-order valence-electron chi connectivity index (χ2n) is 4.37. The zero-order valence-electron chi connectivity index (χ0n) is 11.1. The Morgan fingerprint density at radius 1 is 1.47 bits per heavy atom. The molecule has 0 aromatic heterocycles. The van der Waals surface area contributed by atoms with Crippen LogP contribution in [0.1, 0.15) is 18.4 Å². The second-order valence-corrected chi connectivity index (χ2v) is 4.37. The van der Waals surface area contributed by atoms with Gasteiger partial charge in [0.25, 0.3) is 0 Å². The molecule has 0 heterocycles. The summed E-state index contributed by atoms with van der Waals surface area (Å²) in [6, 6.07) is 8.87. The van der Waals surface area contributed by atoms with E-state index in [0.717, 1.165) is 13.0 Å². The first-order valence-electron chi connectivity index (χ1n) is 6.25. The third-order valence-corrected chi connectivity index (χ3v) is 2.70. The number of hydrogen-bond donors (Lipinski definition) is 2. The molecular weight excluding hydrogens is 242 g/mol. The molecule has 0 aliphatic rings. The second kappa shape index (κ2) is 8.25. The Labute approximate surface area is 113 Å². The summed E-state index contributed by atoms with van der Waals surface area (Å²) in [7, 11) is 1.91. The number of likely N-dealkylation sites (N-methyl/N-ethyl adjacent to an activating group) is 1. The highest BCUT2D eigenvalue weighted by Gasteiger charge is 2.04. The van der Waals surface area contributed by atoms with Crippen molar-refractivity contribution in [3.8, 4) is 6.07 Å². The minimum Gasteiger partial charge on any atom is -0.395 e. The van der Waals surface area contributed by atoms with Gasteiger partial charge in [-0.15, -0.1) is 0 Å². The molecule has 0 fully saturated rings. The highest BCUT2D eigenvalue weighted by atomic mass is 16.3. The first-order chi connectivity index (χ1) is 9.15. The lowest BCUT2D eigenvalue weighted by Gasteiger charge is -2.14. The molecule has 5 nitrogen and oxygen atoms in total. The zero-order chi connectivity index (χ0) is 14.1. The summed E-state index contributed by atoms with van der Waals surface area (Å²) in [5.41, 5.74) is 1.17. The van der Waals surface area contributed by atoms with Gasteiger partial charge in [0.05, 0.1) is 18.2 Å². The highest BCUT2D eigenvalue weighted by molar-refractivity contribution is 5.90.